The summed E-state index contributed by atoms with van der Waals surface area (Å²) in [4.78, 5) is 10.2. The molecule has 0 spiro atoms. The Labute approximate surface area is 79.5 Å². The van der Waals surface area contributed by atoms with Gasteiger partial charge in [-0.25, -0.2) is 0 Å². The smallest absolute Gasteiger partial charge is 0.303 e. The van der Waals surface area contributed by atoms with Crippen molar-refractivity contribution in [1.82, 2.24) is 5.32 Å². The summed E-state index contributed by atoms with van der Waals surface area (Å²) in [6.45, 7) is 5.29. The molecule has 1 aliphatic carbocycles. The molecule has 0 aromatic carbocycles. The minimum atomic E-state index is -0.702. The molecule has 0 radical (unpaired) electrons. The zero-order valence-electron chi connectivity index (χ0n) is 8.47. The predicted molar refractivity (Wildman–Crippen MR) is 51.7 cm³/mol. The third-order valence-electron chi connectivity index (χ3n) is 3.10. The Morgan fingerprint density at radius 2 is 2.23 bits per heavy atom. The Balaban J connectivity index is 2.02. The summed E-state index contributed by atoms with van der Waals surface area (Å²) in [5.41, 5.74) is 0.489. The Bertz CT molecular complexity index is 187. The Kier molecular flexibility index (Phi) is 3.31. The van der Waals surface area contributed by atoms with Gasteiger partial charge in [0.25, 0.3) is 0 Å². The molecule has 0 aliphatic heterocycles. The first kappa shape index (κ1) is 10.5. The van der Waals surface area contributed by atoms with Crippen LogP contribution in [0.25, 0.3) is 0 Å². The predicted octanol–water partition coefficient (Wildman–Crippen LogP) is 1.63. The third kappa shape index (κ3) is 3.35. The summed E-state index contributed by atoms with van der Waals surface area (Å²) in [5.74, 6) is -0.702. The standard InChI is InChI=1S/C10H19NO2/c1-8(10(2)5-6-10)11-7-3-4-9(12)13/h8,11H,3-7H2,1-2H3,(H,12,13). The van der Waals surface area contributed by atoms with E-state index in [-0.39, 0.29) is 6.42 Å². The lowest BCUT2D eigenvalue weighted by Gasteiger charge is -2.19. The molecule has 1 rings (SSSR count). The Morgan fingerprint density at radius 1 is 1.62 bits per heavy atom. The SMILES string of the molecule is CC(NCCCC(=O)O)C1(C)CC1. The molecule has 0 bridgehead atoms. The van der Waals surface area contributed by atoms with Crippen molar-refractivity contribution in [2.24, 2.45) is 5.41 Å². The number of carboxylic acids is 1. The number of aliphatic carboxylic acids is 1. The van der Waals surface area contributed by atoms with Crippen molar-refractivity contribution >= 4 is 5.97 Å². The van der Waals surface area contributed by atoms with E-state index in [0.29, 0.717) is 11.5 Å². The normalized spacial score (nSPS) is 21.1. The highest BCUT2D eigenvalue weighted by atomic mass is 16.4. The molecule has 0 aromatic heterocycles. The van der Waals surface area contributed by atoms with Crippen molar-refractivity contribution in [2.45, 2.75) is 45.6 Å². The minimum absolute atomic E-state index is 0.274. The molecule has 1 aliphatic rings. The van der Waals surface area contributed by atoms with Gasteiger partial charge in [-0.3, -0.25) is 4.79 Å². The van der Waals surface area contributed by atoms with Crippen molar-refractivity contribution in [3.8, 4) is 0 Å². The van der Waals surface area contributed by atoms with Crippen LogP contribution >= 0.6 is 0 Å². The van der Waals surface area contributed by atoms with Crippen LogP contribution in [0.1, 0.15) is 39.5 Å². The van der Waals surface area contributed by atoms with Crippen LogP contribution in [0.3, 0.4) is 0 Å². The molecule has 1 fully saturated rings. The fourth-order valence-corrected chi connectivity index (χ4v) is 1.43. The van der Waals surface area contributed by atoms with Gasteiger partial charge in [0.05, 0.1) is 0 Å². The molecule has 1 atom stereocenters. The van der Waals surface area contributed by atoms with E-state index in [1.807, 2.05) is 0 Å². The van der Waals surface area contributed by atoms with Gasteiger partial charge in [0.2, 0.25) is 0 Å². The lowest BCUT2D eigenvalue weighted by Crippen LogP contribution is -2.34. The maximum Gasteiger partial charge on any atom is 0.303 e. The van der Waals surface area contributed by atoms with Crippen LogP contribution < -0.4 is 5.32 Å². The van der Waals surface area contributed by atoms with E-state index in [0.717, 1.165) is 13.0 Å². The second-order valence-corrected chi connectivity index (χ2v) is 4.33. The first-order valence-electron chi connectivity index (χ1n) is 5.00. The highest BCUT2D eigenvalue weighted by molar-refractivity contribution is 5.66. The van der Waals surface area contributed by atoms with E-state index in [1.165, 1.54) is 12.8 Å². The fourth-order valence-electron chi connectivity index (χ4n) is 1.43. The molecule has 0 aromatic rings. The van der Waals surface area contributed by atoms with E-state index in [9.17, 15) is 4.79 Å². The molecule has 0 heterocycles. The molecule has 1 saturated carbocycles. The maximum atomic E-state index is 10.2. The number of rotatable bonds is 6. The topological polar surface area (TPSA) is 49.3 Å². The lowest BCUT2D eigenvalue weighted by atomic mass is 10.0. The van der Waals surface area contributed by atoms with E-state index in [4.69, 9.17) is 5.11 Å². The van der Waals surface area contributed by atoms with Gasteiger partial charge in [-0.15, -0.1) is 0 Å². The van der Waals surface area contributed by atoms with Gasteiger partial charge in [-0.1, -0.05) is 6.92 Å². The number of hydrogen-bond donors (Lipinski definition) is 2. The second-order valence-electron chi connectivity index (χ2n) is 4.33. The monoisotopic (exact) mass is 185 g/mol. The molecule has 13 heavy (non-hydrogen) atoms. The number of carbonyl (C=O) groups is 1. The maximum absolute atomic E-state index is 10.2. The van der Waals surface area contributed by atoms with Crippen molar-refractivity contribution in [1.29, 1.82) is 0 Å². The molecule has 1 unspecified atom stereocenters. The van der Waals surface area contributed by atoms with Crippen LogP contribution in [0.5, 0.6) is 0 Å². The minimum Gasteiger partial charge on any atom is -0.481 e. The third-order valence-corrected chi connectivity index (χ3v) is 3.10. The highest BCUT2D eigenvalue weighted by Gasteiger charge is 2.41. The van der Waals surface area contributed by atoms with E-state index in [2.05, 4.69) is 19.2 Å². The van der Waals surface area contributed by atoms with Crippen LogP contribution in [0.4, 0.5) is 0 Å². The van der Waals surface area contributed by atoms with Crippen LogP contribution in [0.2, 0.25) is 0 Å². The van der Waals surface area contributed by atoms with Crippen molar-refractivity contribution in [2.75, 3.05) is 6.54 Å². The average molecular weight is 185 g/mol. The van der Waals surface area contributed by atoms with Crippen LogP contribution in [-0.2, 0) is 4.79 Å². The fraction of sp³-hybridized carbons (Fsp3) is 0.900. The zero-order valence-corrected chi connectivity index (χ0v) is 8.47. The summed E-state index contributed by atoms with van der Waals surface area (Å²) in [7, 11) is 0. The zero-order chi connectivity index (χ0) is 9.90. The highest BCUT2D eigenvalue weighted by Crippen LogP contribution is 2.47. The largest absolute Gasteiger partial charge is 0.481 e. The van der Waals surface area contributed by atoms with Crippen molar-refractivity contribution in [3.63, 3.8) is 0 Å². The van der Waals surface area contributed by atoms with Gasteiger partial charge in [-0.05, 0) is 38.1 Å². The number of carboxylic acid groups (broad SMARTS) is 1. The van der Waals surface area contributed by atoms with Gasteiger partial charge in [0.15, 0.2) is 0 Å². The van der Waals surface area contributed by atoms with Gasteiger partial charge in [0.1, 0.15) is 0 Å². The second kappa shape index (κ2) is 4.09. The molecule has 3 heteroatoms. The summed E-state index contributed by atoms with van der Waals surface area (Å²) in [6.07, 6.45) is 3.62. The summed E-state index contributed by atoms with van der Waals surface area (Å²) in [5, 5.41) is 11.8. The van der Waals surface area contributed by atoms with Gasteiger partial charge in [0, 0.05) is 12.5 Å². The molecule has 3 nitrogen and oxygen atoms in total. The summed E-state index contributed by atoms with van der Waals surface area (Å²) < 4.78 is 0. The first-order chi connectivity index (χ1) is 6.04. The first-order valence-corrected chi connectivity index (χ1v) is 5.00. The Hall–Kier alpha value is -0.570. The molecular formula is C10H19NO2. The summed E-state index contributed by atoms with van der Waals surface area (Å²) >= 11 is 0. The van der Waals surface area contributed by atoms with E-state index in [1.54, 1.807) is 0 Å². The van der Waals surface area contributed by atoms with E-state index >= 15 is 0 Å². The van der Waals surface area contributed by atoms with Crippen LogP contribution in [0, 0.1) is 5.41 Å². The lowest BCUT2D eigenvalue weighted by molar-refractivity contribution is -0.137. The molecule has 76 valence electrons. The Morgan fingerprint density at radius 3 is 2.69 bits per heavy atom. The molecule has 2 N–H and O–H groups in total. The van der Waals surface area contributed by atoms with Crippen molar-refractivity contribution in [3.05, 3.63) is 0 Å². The van der Waals surface area contributed by atoms with Gasteiger partial charge >= 0.3 is 5.97 Å². The summed E-state index contributed by atoms with van der Waals surface area (Å²) in [6, 6.07) is 0.529. The molecular weight excluding hydrogens is 166 g/mol. The number of hydrogen-bond acceptors (Lipinski definition) is 2. The quantitative estimate of drug-likeness (QED) is 0.618. The van der Waals surface area contributed by atoms with Gasteiger partial charge < -0.3 is 10.4 Å². The molecule has 0 saturated heterocycles. The van der Waals surface area contributed by atoms with E-state index < -0.39 is 5.97 Å². The van der Waals surface area contributed by atoms with Crippen LogP contribution in [0.15, 0.2) is 0 Å². The van der Waals surface area contributed by atoms with Crippen molar-refractivity contribution < 1.29 is 9.90 Å². The number of nitrogens with one attached hydrogen (secondary N) is 1. The van der Waals surface area contributed by atoms with Gasteiger partial charge in [-0.2, -0.15) is 0 Å². The average Bonchev–Trinajstić information content (AvgIpc) is 2.78. The van der Waals surface area contributed by atoms with Crippen LogP contribution in [-0.4, -0.2) is 23.7 Å². The molecule has 0 amide bonds.